The third-order valence-electron chi connectivity index (χ3n) is 3.80. The number of fused-ring (bicyclic) bond motifs is 1. The van der Waals surface area contributed by atoms with Gasteiger partial charge in [0.15, 0.2) is 0 Å². The van der Waals surface area contributed by atoms with Crippen LogP contribution in [0, 0.1) is 0 Å². The number of ether oxygens (including phenoxy) is 1. The van der Waals surface area contributed by atoms with Crippen LogP contribution in [-0.4, -0.2) is 22.8 Å². The van der Waals surface area contributed by atoms with E-state index in [-0.39, 0.29) is 0 Å². The number of aliphatic hydroxyl groups excluding tert-OH is 1. The lowest BCUT2D eigenvalue weighted by Gasteiger charge is -2.14. The number of aryl methyl sites for hydroxylation is 1. The van der Waals surface area contributed by atoms with Gasteiger partial charge in [0.25, 0.3) is 0 Å². The number of rotatable bonds is 5. The Bertz CT molecular complexity index is 616. The molecule has 1 aromatic heterocycles. The van der Waals surface area contributed by atoms with Crippen molar-refractivity contribution < 1.29 is 9.84 Å². The molecular formula is C17H18ClNO2. The first-order chi connectivity index (χ1) is 10.2. The van der Waals surface area contributed by atoms with Gasteiger partial charge in [0, 0.05) is 30.3 Å². The van der Waals surface area contributed by atoms with Crippen LogP contribution in [0.1, 0.15) is 23.1 Å². The average molecular weight is 304 g/mol. The Morgan fingerprint density at radius 1 is 1.29 bits per heavy atom. The summed E-state index contributed by atoms with van der Waals surface area (Å²) in [6, 6.07) is 7.82. The van der Waals surface area contributed by atoms with Gasteiger partial charge < -0.3 is 9.84 Å². The van der Waals surface area contributed by atoms with Crippen molar-refractivity contribution in [1.82, 2.24) is 4.98 Å². The quantitative estimate of drug-likeness (QED) is 0.922. The van der Waals surface area contributed by atoms with Crippen LogP contribution in [0.5, 0.6) is 5.75 Å². The molecule has 1 aromatic carbocycles. The van der Waals surface area contributed by atoms with Crippen molar-refractivity contribution in [2.75, 3.05) is 6.61 Å². The average Bonchev–Trinajstić information content (AvgIpc) is 2.94. The summed E-state index contributed by atoms with van der Waals surface area (Å²) in [5.41, 5.74) is 3.35. The van der Waals surface area contributed by atoms with E-state index in [1.807, 2.05) is 24.3 Å². The van der Waals surface area contributed by atoms with Gasteiger partial charge in [-0.1, -0.05) is 11.6 Å². The highest BCUT2D eigenvalue weighted by Crippen LogP contribution is 2.33. The number of nitrogens with zero attached hydrogens (tertiary/aromatic N) is 1. The Morgan fingerprint density at radius 2 is 2.10 bits per heavy atom. The van der Waals surface area contributed by atoms with Gasteiger partial charge >= 0.3 is 0 Å². The molecule has 0 saturated heterocycles. The van der Waals surface area contributed by atoms with Crippen molar-refractivity contribution in [3.63, 3.8) is 0 Å². The van der Waals surface area contributed by atoms with Gasteiger partial charge in [-0.05, 0) is 53.8 Å². The highest BCUT2D eigenvalue weighted by molar-refractivity contribution is 6.30. The number of aromatic nitrogens is 1. The number of halogens is 1. The van der Waals surface area contributed by atoms with E-state index in [9.17, 15) is 5.11 Å². The lowest BCUT2D eigenvalue weighted by molar-refractivity contribution is 0.164. The summed E-state index contributed by atoms with van der Waals surface area (Å²) >= 11 is 6.14. The summed E-state index contributed by atoms with van der Waals surface area (Å²) in [5.74, 6) is 0.919. The molecule has 1 aliphatic rings. The molecule has 21 heavy (non-hydrogen) atoms. The molecule has 1 aliphatic heterocycles. The zero-order chi connectivity index (χ0) is 14.7. The van der Waals surface area contributed by atoms with Crippen LogP contribution in [-0.2, 0) is 19.3 Å². The summed E-state index contributed by atoms with van der Waals surface area (Å²) in [4.78, 5) is 4.00. The lowest BCUT2D eigenvalue weighted by atomic mass is 9.99. The van der Waals surface area contributed by atoms with Crippen molar-refractivity contribution in [3.05, 3.63) is 58.4 Å². The minimum Gasteiger partial charge on any atom is -0.493 e. The monoisotopic (exact) mass is 303 g/mol. The Kier molecular flexibility index (Phi) is 4.42. The third-order valence-corrected chi connectivity index (χ3v) is 4.01. The second-order valence-electron chi connectivity index (χ2n) is 5.40. The molecule has 0 amide bonds. The van der Waals surface area contributed by atoms with Crippen molar-refractivity contribution >= 4 is 11.6 Å². The van der Waals surface area contributed by atoms with Crippen LogP contribution in [0.15, 0.2) is 36.7 Å². The van der Waals surface area contributed by atoms with Crippen LogP contribution in [0.4, 0.5) is 0 Å². The molecule has 3 nitrogen and oxygen atoms in total. The molecule has 2 aromatic rings. The minimum absolute atomic E-state index is 0.398. The van der Waals surface area contributed by atoms with E-state index in [4.69, 9.17) is 16.3 Å². The molecule has 1 atom stereocenters. The number of benzene rings is 1. The molecule has 1 N–H and O–H groups in total. The molecule has 0 bridgehead atoms. The molecule has 110 valence electrons. The normalized spacial score (nSPS) is 14.6. The summed E-state index contributed by atoms with van der Waals surface area (Å²) in [6.45, 7) is 0.704. The van der Waals surface area contributed by atoms with Gasteiger partial charge in [-0.2, -0.15) is 0 Å². The van der Waals surface area contributed by atoms with Gasteiger partial charge in [0.05, 0.1) is 12.7 Å². The first-order valence-electron chi connectivity index (χ1n) is 7.23. The molecule has 0 spiro atoms. The minimum atomic E-state index is -0.398. The largest absolute Gasteiger partial charge is 0.493 e. The zero-order valence-electron chi connectivity index (χ0n) is 11.8. The third kappa shape index (κ3) is 3.55. The van der Waals surface area contributed by atoms with Crippen LogP contribution >= 0.6 is 11.6 Å². The van der Waals surface area contributed by atoms with Crippen LogP contribution in [0.3, 0.4) is 0 Å². The Morgan fingerprint density at radius 3 is 2.90 bits per heavy atom. The lowest BCUT2D eigenvalue weighted by Crippen LogP contribution is -2.12. The van der Waals surface area contributed by atoms with E-state index < -0.39 is 6.10 Å². The number of hydrogen-bond acceptors (Lipinski definition) is 3. The van der Waals surface area contributed by atoms with E-state index in [1.165, 1.54) is 5.56 Å². The Balaban J connectivity index is 1.64. The molecule has 0 saturated carbocycles. The van der Waals surface area contributed by atoms with E-state index in [0.29, 0.717) is 19.4 Å². The predicted octanol–water partition coefficient (Wildman–Crippen LogP) is 3.21. The highest BCUT2D eigenvalue weighted by atomic mass is 35.5. The van der Waals surface area contributed by atoms with Crippen molar-refractivity contribution in [2.45, 2.75) is 31.8 Å². The molecule has 0 fully saturated rings. The molecular weight excluding hydrogens is 286 g/mol. The summed E-state index contributed by atoms with van der Waals surface area (Å²) < 4.78 is 5.67. The first-order valence-corrected chi connectivity index (χ1v) is 7.61. The Hall–Kier alpha value is -1.58. The SMILES string of the molecule is OC(CCc1ccncc1)Cc1cc(Cl)cc2c1OCC2. The molecule has 4 heteroatoms. The second kappa shape index (κ2) is 6.46. The maximum Gasteiger partial charge on any atom is 0.126 e. The highest BCUT2D eigenvalue weighted by Gasteiger charge is 2.19. The smallest absolute Gasteiger partial charge is 0.126 e. The van der Waals surface area contributed by atoms with Gasteiger partial charge in [-0.25, -0.2) is 0 Å². The first kappa shape index (κ1) is 14.4. The fourth-order valence-electron chi connectivity index (χ4n) is 2.74. The van der Waals surface area contributed by atoms with Gasteiger partial charge in [-0.15, -0.1) is 0 Å². The van der Waals surface area contributed by atoms with Gasteiger partial charge in [-0.3, -0.25) is 4.98 Å². The van der Waals surface area contributed by atoms with Crippen molar-refractivity contribution in [1.29, 1.82) is 0 Å². The number of aliphatic hydroxyl groups is 1. The van der Waals surface area contributed by atoms with E-state index >= 15 is 0 Å². The maximum atomic E-state index is 10.3. The van der Waals surface area contributed by atoms with Crippen molar-refractivity contribution in [3.8, 4) is 5.75 Å². The van der Waals surface area contributed by atoms with Gasteiger partial charge in [0.2, 0.25) is 0 Å². The Labute approximate surface area is 129 Å². The summed E-state index contributed by atoms with van der Waals surface area (Å²) in [5, 5.41) is 11.0. The molecule has 0 radical (unpaired) electrons. The number of hydrogen-bond donors (Lipinski definition) is 1. The summed E-state index contributed by atoms with van der Waals surface area (Å²) in [6.07, 6.45) is 6.19. The molecule has 3 rings (SSSR count). The van der Waals surface area contributed by atoms with Crippen molar-refractivity contribution in [2.24, 2.45) is 0 Å². The summed E-state index contributed by atoms with van der Waals surface area (Å²) in [7, 11) is 0. The predicted molar refractivity (Wildman–Crippen MR) is 82.9 cm³/mol. The second-order valence-corrected chi connectivity index (χ2v) is 5.84. The fourth-order valence-corrected chi connectivity index (χ4v) is 3.00. The molecule has 1 unspecified atom stereocenters. The van der Waals surface area contributed by atoms with E-state index in [1.54, 1.807) is 12.4 Å². The van der Waals surface area contributed by atoms with Crippen LogP contribution < -0.4 is 4.74 Å². The van der Waals surface area contributed by atoms with Crippen LogP contribution in [0.2, 0.25) is 5.02 Å². The maximum absolute atomic E-state index is 10.3. The van der Waals surface area contributed by atoms with E-state index in [2.05, 4.69) is 4.98 Å². The zero-order valence-corrected chi connectivity index (χ0v) is 12.5. The standard InChI is InChI=1S/C17H18ClNO2/c18-15-9-13-5-8-21-17(13)14(10-15)11-16(20)2-1-12-3-6-19-7-4-12/h3-4,6-7,9-10,16,20H,1-2,5,8,11H2. The molecule has 0 aliphatic carbocycles. The van der Waals surface area contributed by atoms with E-state index in [0.717, 1.165) is 34.7 Å². The van der Waals surface area contributed by atoms with Gasteiger partial charge in [0.1, 0.15) is 5.75 Å². The topological polar surface area (TPSA) is 42.4 Å². The number of pyridine rings is 1. The fraction of sp³-hybridized carbons (Fsp3) is 0.353. The molecule has 2 heterocycles. The van der Waals surface area contributed by atoms with Crippen LogP contribution in [0.25, 0.3) is 0 Å².